The Labute approximate surface area is 187 Å². The highest BCUT2D eigenvalue weighted by Gasteiger charge is 2.50. The van der Waals surface area contributed by atoms with E-state index in [0.717, 1.165) is 42.0 Å². The average Bonchev–Trinajstić information content (AvgIpc) is 3.39. The third-order valence-electron chi connectivity index (χ3n) is 6.17. The van der Waals surface area contributed by atoms with Crippen molar-refractivity contribution >= 4 is 23.4 Å². The van der Waals surface area contributed by atoms with Crippen LogP contribution in [0.1, 0.15) is 38.3 Å². The number of aromatic nitrogens is 4. The molecule has 2 aliphatic rings. The maximum Gasteiger partial charge on any atom is 0.252 e. The lowest BCUT2D eigenvalue weighted by molar-refractivity contribution is -0.123. The summed E-state index contributed by atoms with van der Waals surface area (Å²) in [5.74, 6) is 1.16. The van der Waals surface area contributed by atoms with Crippen LogP contribution in [0.2, 0.25) is 0 Å². The molecule has 0 saturated carbocycles. The Morgan fingerprint density at radius 1 is 1.19 bits per heavy atom. The van der Waals surface area contributed by atoms with Crippen LogP contribution in [0.3, 0.4) is 0 Å². The van der Waals surface area contributed by atoms with Gasteiger partial charge in [-0.3, -0.25) is 9.48 Å². The molecule has 0 bridgehead atoms. The first-order valence-corrected chi connectivity index (χ1v) is 10.4. The number of hydrogen-bond donors (Lipinski definition) is 1. The smallest absolute Gasteiger partial charge is 0.252 e. The van der Waals surface area contributed by atoms with Crippen molar-refractivity contribution in [2.75, 3.05) is 28.7 Å². The number of nitrogens with one attached hydrogen (secondary N) is 1. The predicted molar refractivity (Wildman–Crippen MR) is 122 cm³/mol. The van der Waals surface area contributed by atoms with Crippen molar-refractivity contribution in [3.05, 3.63) is 59.8 Å². The number of hydrogen-bond acceptors (Lipinski definition) is 6. The molecule has 1 N–H and O–H groups in total. The summed E-state index contributed by atoms with van der Waals surface area (Å²) in [7, 11) is 1.79. The van der Waals surface area contributed by atoms with E-state index in [1.54, 1.807) is 36.5 Å². The zero-order valence-corrected chi connectivity index (χ0v) is 17.5. The number of halogens is 1. The van der Waals surface area contributed by atoms with Crippen LogP contribution in [-0.4, -0.2) is 44.8 Å². The Morgan fingerprint density at radius 3 is 2.75 bits per heavy atom. The maximum atomic E-state index is 13.1. The highest BCUT2D eigenvalue weighted by atomic mass is 19.1. The number of benzene rings is 1. The van der Waals surface area contributed by atoms with Gasteiger partial charge in [0, 0.05) is 31.9 Å². The molecule has 1 saturated heterocycles. The molecule has 1 aromatic carbocycles. The van der Waals surface area contributed by atoms with Crippen molar-refractivity contribution in [1.82, 2.24) is 19.7 Å². The van der Waals surface area contributed by atoms with Crippen LogP contribution in [0.25, 0.3) is 0 Å². The number of fused-ring (bicyclic) bond motifs is 3. The van der Waals surface area contributed by atoms with Gasteiger partial charge in [-0.05, 0) is 37.5 Å². The Hall–Kier alpha value is -3.49. The highest BCUT2D eigenvalue weighted by Crippen LogP contribution is 2.43. The molecule has 2 aromatic heterocycles. The van der Waals surface area contributed by atoms with Crippen molar-refractivity contribution in [2.24, 2.45) is 0 Å². The number of likely N-dealkylation sites (N-methyl/N-ethyl adjacent to an activating group) is 1. The number of amides is 1. The molecule has 1 fully saturated rings. The number of rotatable bonds is 5. The molecule has 0 spiro atoms. The number of nitrogens with zero attached hydrogens (tertiary/aromatic N) is 6. The quantitative estimate of drug-likeness (QED) is 0.659. The molecular weight excluding hydrogens is 409 g/mol. The topological polar surface area (TPSA) is 79.2 Å². The minimum absolute atomic E-state index is 0. The van der Waals surface area contributed by atoms with Gasteiger partial charge in [-0.1, -0.05) is 19.6 Å². The second-order valence-electron chi connectivity index (χ2n) is 8.32. The first kappa shape index (κ1) is 21.7. The van der Waals surface area contributed by atoms with Crippen LogP contribution in [0.15, 0.2) is 42.9 Å². The minimum Gasteiger partial charge on any atom is -0.350 e. The van der Waals surface area contributed by atoms with Crippen LogP contribution >= 0.6 is 0 Å². The Kier molecular flexibility index (Phi) is 5.58. The lowest BCUT2D eigenvalue weighted by atomic mass is 9.94. The third-order valence-corrected chi connectivity index (χ3v) is 6.17. The first-order valence-electron chi connectivity index (χ1n) is 10.4. The zero-order chi connectivity index (χ0) is 21.6. The van der Waals surface area contributed by atoms with Crippen LogP contribution in [-0.2, 0) is 17.9 Å². The Balaban J connectivity index is 0.00000245. The summed E-state index contributed by atoms with van der Waals surface area (Å²) in [5.41, 5.74) is 2.17. The average molecular weight is 438 g/mol. The molecule has 8 nitrogen and oxygen atoms in total. The Bertz CT molecular complexity index is 1130. The zero-order valence-electron chi connectivity index (χ0n) is 17.5. The van der Waals surface area contributed by atoms with E-state index >= 15 is 0 Å². The van der Waals surface area contributed by atoms with E-state index in [9.17, 15) is 9.18 Å². The molecule has 5 rings (SSSR count). The van der Waals surface area contributed by atoms with Gasteiger partial charge in [0.05, 0.1) is 18.9 Å². The second kappa shape index (κ2) is 8.22. The van der Waals surface area contributed by atoms with Crippen molar-refractivity contribution in [3.8, 4) is 0 Å². The molecule has 1 amide bonds. The lowest BCUT2D eigenvalue weighted by Crippen LogP contribution is -2.58. The molecule has 1 atom stereocenters. The fourth-order valence-corrected chi connectivity index (χ4v) is 4.42. The molecule has 0 unspecified atom stereocenters. The standard InChI is InChI=1S/C22H24FN7O.CH4/c1-22-8-3-9-30(22)19-18(28(2)20(22)31)12-25-21(27-19)24-10-16-11-26-29(14-16)13-15-4-6-17(23)7-5-15;/h4-7,11-12,14H,3,8-10,13H2,1-2H3,(H,24,25,27);1H4/t22-;/m0./s1. The first-order chi connectivity index (χ1) is 14.9. The summed E-state index contributed by atoms with van der Waals surface area (Å²) in [6.07, 6.45) is 7.24. The van der Waals surface area contributed by atoms with Crippen LogP contribution < -0.4 is 15.1 Å². The molecule has 0 aliphatic carbocycles. The fourth-order valence-electron chi connectivity index (χ4n) is 4.42. The molecule has 2 aliphatic heterocycles. The number of anilines is 3. The van der Waals surface area contributed by atoms with Crippen molar-refractivity contribution in [3.63, 3.8) is 0 Å². The molecule has 0 radical (unpaired) electrons. The maximum absolute atomic E-state index is 13.1. The SMILES string of the molecule is C.CN1C(=O)[C@]2(C)CCCN2c2nc(NCc3cnn(Cc4ccc(F)cc4)c3)ncc21. The van der Waals surface area contributed by atoms with E-state index in [-0.39, 0.29) is 19.2 Å². The Morgan fingerprint density at radius 2 is 1.97 bits per heavy atom. The van der Waals surface area contributed by atoms with Crippen LogP contribution in [0, 0.1) is 5.82 Å². The van der Waals surface area contributed by atoms with Gasteiger partial charge in [-0.15, -0.1) is 0 Å². The summed E-state index contributed by atoms with van der Waals surface area (Å²) in [6, 6.07) is 6.41. The van der Waals surface area contributed by atoms with Gasteiger partial charge in [-0.2, -0.15) is 10.1 Å². The van der Waals surface area contributed by atoms with Gasteiger partial charge < -0.3 is 15.1 Å². The van der Waals surface area contributed by atoms with E-state index in [1.165, 1.54) is 12.1 Å². The lowest BCUT2D eigenvalue weighted by Gasteiger charge is -2.43. The predicted octanol–water partition coefficient (Wildman–Crippen LogP) is 3.44. The van der Waals surface area contributed by atoms with Gasteiger partial charge in [0.2, 0.25) is 5.95 Å². The number of carbonyl (C=O) groups excluding carboxylic acids is 1. The highest BCUT2D eigenvalue weighted by molar-refractivity contribution is 6.07. The van der Waals surface area contributed by atoms with E-state index in [2.05, 4.69) is 20.3 Å². The van der Waals surface area contributed by atoms with E-state index in [4.69, 9.17) is 4.98 Å². The molecule has 9 heteroatoms. The minimum atomic E-state index is -0.533. The summed E-state index contributed by atoms with van der Waals surface area (Å²) in [6.45, 7) is 3.90. The van der Waals surface area contributed by atoms with E-state index in [1.807, 2.05) is 17.8 Å². The van der Waals surface area contributed by atoms with Crippen LogP contribution in [0.5, 0.6) is 0 Å². The van der Waals surface area contributed by atoms with E-state index in [0.29, 0.717) is 19.0 Å². The van der Waals surface area contributed by atoms with E-state index < -0.39 is 5.54 Å². The summed E-state index contributed by atoms with van der Waals surface area (Å²) in [4.78, 5) is 25.7. The number of carbonyl (C=O) groups is 1. The largest absolute Gasteiger partial charge is 0.350 e. The monoisotopic (exact) mass is 437 g/mol. The molecule has 4 heterocycles. The molecular formula is C23H28FN7O. The summed E-state index contributed by atoms with van der Waals surface area (Å²) < 4.78 is 14.9. The van der Waals surface area contributed by atoms with Crippen LogP contribution in [0.4, 0.5) is 21.8 Å². The van der Waals surface area contributed by atoms with Gasteiger partial charge >= 0.3 is 0 Å². The van der Waals surface area contributed by atoms with Gasteiger partial charge in [0.1, 0.15) is 17.0 Å². The molecule has 32 heavy (non-hydrogen) atoms. The van der Waals surface area contributed by atoms with Gasteiger partial charge in [0.15, 0.2) is 5.82 Å². The second-order valence-corrected chi connectivity index (χ2v) is 8.32. The van der Waals surface area contributed by atoms with Crippen molar-refractivity contribution in [1.29, 1.82) is 0 Å². The normalized spacial score (nSPS) is 19.4. The molecule has 168 valence electrons. The van der Waals surface area contributed by atoms with Gasteiger partial charge in [0.25, 0.3) is 5.91 Å². The van der Waals surface area contributed by atoms with Gasteiger partial charge in [-0.25, -0.2) is 9.37 Å². The van der Waals surface area contributed by atoms with Crippen molar-refractivity contribution in [2.45, 2.75) is 45.8 Å². The summed E-state index contributed by atoms with van der Waals surface area (Å²) >= 11 is 0. The fraction of sp³-hybridized carbons (Fsp3) is 0.391. The molecule has 3 aromatic rings. The van der Waals surface area contributed by atoms with Crippen molar-refractivity contribution < 1.29 is 9.18 Å². The summed E-state index contributed by atoms with van der Waals surface area (Å²) in [5, 5.41) is 7.64. The third kappa shape index (κ3) is 3.68.